The molecule has 1 aliphatic carbocycles. The van der Waals surface area contributed by atoms with Gasteiger partial charge in [-0.15, -0.1) is 0 Å². The van der Waals surface area contributed by atoms with Gasteiger partial charge in [0.15, 0.2) is 0 Å². The first kappa shape index (κ1) is 12.7. The number of phenolic OH excluding ortho intramolecular Hbond substituents is 1. The van der Waals surface area contributed by atoms with E-state index in [0.29, 0.717) is 12.3 Å². The van der Waals surface area contributed by atoms with Crippen LogP contribution in [0.1, 0.15) is 29.0 Å². The summed E-state index contributed by atoms with van der Waals surface area (Å²) in [4.78, 5) is 14.1. The van der Waals surface area contributed by atoms with E-state index in [2.05, 4.69) is 0 Å². The van der Waals surface area contributed by atoms with Crippen molar-refractivity contribution in [3.05, 3.63) is 53.7 Å². The smallest absolute Gasteiger partial charge is 0.258 e. The lowest BCUT2D eigenvalue weighted by molar-refractivity contribution is 0.0714. The molecule has 0 spiro atoms. The third-order valence-electron chi connectivity index (χ3n) is 3.34. The molecule has 0 aliphatic heterocycles. The number of hydrogen-bond acceptors (Lipinski definition) is 3. The van der Waals surface area contributed by atoms with Gasteiger partial charge in [0.25, 0.3) is 5.91 Å². The molecular formula is C15H14FNO3. The fourth-order valence-electron chi connectivity index (χ4n) is 2.16. The molecule has 1 heterocycles. The van der Waals surface area contributed by atoms with Gasteiger partial charge >= 0.3 is 0 Å². The Labute approximate surface area is 115 Å². The van der Waals surface area contributed by atoms with Crippen LogP contribution in [0.5, 0.6) is 5.75 Å². The summed E-state index contributed by atoms with van der Waals surface area (Å²) < 4.78 is 18.5. The van der Waals surface area contributed by atoms with Gasteiger partial charge in [0, 0.05) is 6.04 Å². The number of nitrogens with zero attached hydrogens (tertiary/aromatic N) is 1. The maximum atomic E-state index is 13.3. The van der Waals surface area contributed by atoms with Crippen LogP contribution in [0, 0.1) is 5.82 Å². The topological polar surface area (TPSA) is 53.7 Å². The van der Waals surface area contributed by atoms with E-state index in [-0.39, 0.29) is 23.3 Å². The Hall–Kier alpha value is -2.30. The molecule has 104 valence electrons. The van der Waals surface area contributed by atoms with E-state index in [1.54, 1.807) is 23.3 Å². The minimum Gasteiger partial charge on any atom is -0.507 e. The van der Waals surface area contributed by atoms with Gasteiger partial charge in [-0.2, -0.15) is 0 Å². The molecule has 0 radical (unpaired) electrons. The lowest BCUT2D eigenvalue weighted by atomic mass is 10.1. The van der Waals surface area contributed by atoms with Gasteiger partial charge in [-0.25, -0.2) is 4.39 Å². The van der Waals surface area contributed by atoms with Crippen molar-refractivity contribution in [1.82, 2.24) is 4.90 Å². The van der Waals surface area contributed by atoms with Crippen LogP contribution in [0.25, 0.3) is 0 Å². The lowest BCUT2D eigenvalue weighted by Crippen LogP contribution is -2.32. The summed E-state index contributed by atoms with van der Waals surface area (Å²) in [5.74, 6) is -0.455. The molecule has 1 aromatic heterocycles. The Morgan fingerprint density at radius 2 is 2.20 bits per heavy atom. The first-order valence-electron chi connectivity index (χ1n) is 6.47. The minimum atomic E-state index is -0.542. The second-order valence-corrected chi connectivity index (χ2v) is 4.91. The molecule has 0 saturated heterocycles. The van der Waals surface area contributed by atoms with E-state index >= 15 is 0 Å². The molecule has 3 rings (SSSR count). The first-order valence-corrected chi connectivity index (χ1v) is 6.47. The van der Waals surface area contributed by atoms with E-state index in [0.717, 1.165) is 25.0 Å². The molecule has 4 nitrogen and oxygen atoms in total. The number of phenols is 1. The van der Waals surface area contributed by atoms with Crippen molar-refractivity contribution in [2.75, 3.05) is 0 Å². The second-order valence-electron chi connectivity index (χ2n) is 4.91. The van der Waals surface area contributed by atoms with Gasteiger partial charge in [-0.05, 0) is 43.2 Å². The van der Waals surface area contributed by atoms with Crippen molar-refractivity contribution in [1.29, 1.82) is 0 Å². The summed E-state index contributed by atoms with van der Waals surface area (Å²) in [6.45, 7) is 0.326. The molecule has 0 unspecified atom stereocenters. The molecule has 1 N–H and O–H groups in total. The van der Waals surface area contributed by atoms with Crippen LogP contribution < -0.4 is 0 Å². The van der Waals surface area contributed by atoms with Crippen molar-refractivity contribution in [2.24, 2.45) is 0 Å². The predicted molar refractivity (Wildman–Crippen MR) is 69.7 cm³/mol. The Kier molecular flexibility index (Phi) is 3.18. The normalized spacial score (nSPS) is 14.2. The highest BCUT2D eigenvalue weighted by molar-refractivity contribution is 5.97. The van der Waals surface area contributed by atoms with E-state index in [1.165, 1.54) is 6.07 Å². The number of furan rings is 1. The summed E-state index contributed by atoms with van der Waals surface area (Å²) >= 11 is 0. The maximum absolute atomic E-state index is 13.3. The zero-order chi connectivity index (χ0) is 14.1. The Morgan fingerprint density at radius 3 is 2.85 bits per heavy atom. The van der Waals surface area contributed by atoms with Crippen molar-refractivity contribution in [3.63, 3.8) is 0 Å². The fourth-order valence-corrected chi connectivity index (χ4v) is 2.16. The summed E-state index contributed by atoms with van der Waals surface area (Å²) in [6, 6.07) is 7.06. The quantitative estimate of drug-likeness (QED) is 0.933. The van der Waals surface area contributed by atoms with Gasteiger partial charge in [-0.3, -0.25) is 4.79 Å². The first-order chi connectivity index (χ1) is 9.65. The fraction of sp³-hybridized carbons (Fsp3) is 0.267. The van der Waals surface area contributed by atoms with Crippen LogP contribution in [0.2, 0.25) is 0 Å². The SMILES string of the molecule is O=C(c1cc(F)ccc1O)N(Cc1ccco1)C1CC1. The molecule has 0 bridgehead atoms. The zero-order valence-corrected chi connectivity index (χ0v) is 10.8. The monoisotopic (exact) mass is 275 g/mol. The predicted octanol–water partition coefficient (Wildman–Crippen LogP) is 2.93. The molecule has 5 heteroatoms. The third kappa shape index (κ3) is 2.52. The second kappa shape index (κ2) is 5.00. The molecule has 0 atom stereocenters. The largest absolute Gasteiger partial charge is 0.507 e. The van der Waals surface area contributed by atoms with Crippen molar-refractivity contribution in [3.8, 4) is 5.75 Å². The average molecular weight is 275 g/mol. The van der Waals surface area contributed by atoms with Crippen LogP contribution in [0.15, 0.2) is 41.0 Å². The number of benzene rings is 1. The van der Waals surface area contributed by atoms with Crippen LogP contribution in [0.4, 0.5) is 4.39 Å². The highest BCUT2D eigenvalue weighted by Crippen LogP contribution is 2.31. The van der Waals surface area contributed by atoms with Crippen molar-refractivity contribution in [2.45, 2.75) is 25.4 Å². The highest BCUT2D eigenvalue weighted by atomic mass is 19.1. The van der Waals surface area contributed by atoms with E-state index in [9.17, 15) is 14.3 Å². The van der Waals surface area contributed by atoms with Crippen LogP contribution >= 0.6 is 0 Å². The van der Waals surface area contributed by atoms with Gasteiger partial charge in [0.1, 0.15) is 17.3 Å². The number of amides is 1. The summed E-state index contributed by atoms with van der Waals surface area (Å²) in [6.07, 6.45) is 3.38. The number of carbonyl (C=O) groups is 1. The Bertz CT molecular complexity index is 620. The number of halogens is 1. The number of aromatic hydroxyl groups is 1. The Balaban J connectivity index is 1.87. The average Bonchev–Trinajstić information content (AvgIpc) is 3.15. The molecule has 2 aromatic rings. The minimum absolute atomic E-state index is 0.0107. The van der Waals surface area contributed by atoms with Gasteiger partial charge in [-0.1, -0.05) is 0 Å². The molecular weight excluding hydrogens is 261 g/mol. The number of rotatable bonds is 4. The summed E-state index contributed by atoms with van der Waals surface area (Å²) in [5, 5.41) is 9.74. The third-order valence-corrected chi connectivity index (χ3v) is 3.34. The number of carbonyl (C=O) groups excluding carboxylic acids is 1. The van der Waals surface area contributed by atoms with E-state index in [4.69, 9.17) is 4.42 Å². The van der Waals surface area contributed by atoms with Crippen molar-refractivity contribution >= 4 is 5.91 Å². The standard InChI is InChI=1S/C15H14FNO3/c16-10-3-6-14(18)13(8-10)15(19)17(11-4-5-11)9-12-2-1-7-20-12/h1-3,6-8,11,18H,4-5,9H2. The Morgan fingerprint density at radius 1 is 1.40 bits per heavy atom. The zero-order valence-electron chi connectivity index (χ0n) is 10.8. The lowest BCUT2D eigenvalue weighted by Gasteiger charge is -2.21. The molecule has 1 aliphatic rings. The van der Waals surface area contributed by atoms with Gasteiger partial charge in [0.05, 0.1) is 18.4 Å². The molecule has 20 heavy (non-hydrogen) atoms. The van der Waals surface area contributed by atoms with Crippen molar-refractivity contribution < 1.29 is 18.7 Å². The van der Waals surface area contributed by atoms with Crippen LogP contribution in [0.3, 0.4) is 0 Å². The van der Waals surface area contributed by atoms with E-state index in [1.807, 2.05) is 0 Å². The van der Waals surface area contributed by atoms with Crippen LogP contribution in [-0.2, 0) is 6.54 Å². The molecule has 1 saturated carbocycles. The summed E-state index contributed by atoms with van der Waals surface area (Å²) in [5.41, 5.74) is -0.0107. The summed E-state index contributed by atoms with van der Waals surface area (Å²) in [7, 11) is 0. The molecule has 1 aromatic carbocycles. The van der Waals surface area contributed by atoms with Gasteiger partial charge in [0.2, 0.25) is 0 Å². The highest BCUT2D eigenvalue weighted by Gasteiger charge is 2.34. The molecule has 1 fully saturated rings. The maximum Gasteiger partial charge on any atom is 0.258 e. The number of hydrogen-bond donors (Lipinski definition) is 1. The van der Waals surface area contributed by atoms with E-state index < -0.39 is 5.82 Å². The van der Waals surface area contributed by atoms with Gasteiger partial charge < -0.3 is 14.4 Å². The van der Waals surface area contributed by atoms with Crippen LogP contribution in [-0.4, -0.2) is 22.0 Å². The molecule has 1 amide bonds.